The Kier molecular flexibility index (Phi) is 4.54. The van der Waals surface area contributed by atoms with Gasteiger partial charge in [-0.2, -0.15) is 5.10 Å². The lowest BCUT2D eigenvalue weighted by atomic mass is 10.2. The van der Waals surface area contributed by atoms with Gasteiger partial charge in [0.15, 0.2) is 11.6 Å². The zero-order chi connectivity index (χ0) is 18.3. The minimum atomic E-state index is 0.175. The first-order chi connectivity index (χ1) is 12.6. The highest BCUT2D eigenvalue weighted by atomic mass is 79.9. The Morgan fingerprint density at radius 2 is 2.12 bits per heavy atom. The van der Waals surface area contributed by atoms with E-state index in [-0.39, 0.29) is 6.04 Å². The number of fused-ring (bicyclic) bond motifs is 3. The van der Waals surface area contributed by atoms with Crippen molar-refractivity contribution >= 4 is 15.9 Å². The molecule has 3 heterocycles. The van der Waals surface area contributed by atoms with Gasteiger partial charge in [0.2, 0.25) is 0 Å². The maximum absolute atomic E-state index is 5.86. The number of hydrogen-bond acceptors (Lipinski definition) is 5. The van der Waals surface area contributed by atoms with Gasteiger partial charge in [-0.25, -0.2) is 14.6 Å². The summed E-state index contributed by atoms with van der Waals surface area (Å²) in [6.45, 7) is 5.87. The van der Waals surface area contributed by atoms with E-state index in [4.69, 9.17) is 14.5 Å². The van der Waals surface area contributed by atoms with Crippen molar-refractivity contribution in [2.24, 2.45) is 0 Å². The summed E-state index contributed by atoms with van der Waals surface area (Å²) in [5.41, 5.74) is 1.77. The topological polar surface area (TPSA) is 67.0 Å². The number of halogens is 1. The van der Waals surface area contributed by atoms with Crippen molar-refractivity contribution in [3.63, 3.8) is 0 Å². The van der Waals surface area contributed by atoms with Gasteiger partial charge in [0.1, 0.15) is 30.5 Å². The summed E-state index contributed by atoms with van der Waals surface area (Å²) in [6, 6.07) is 6.16. The van der Waals surface area contributed by atoms with Crippen molar-refractivity contribution < 1.29 is 9.47 Å². The lowest BCUT2D eigenvalue weighted by molar-refractivity contribution is 0.177. The van der Waals surface area contributed by atoms with E-state index in [2.05, 4.69) is 44.4 Å². The zero-order valence-electron chi connectivity index (χ0n) is 14.9. The molecule has 1 aromatic carbocycles. The molecule has 1 aliphatic heterocycles. The van der Waals surface area contributed by atoms with Gasteiger partial charge < -0.3 is 14.0 Å². The highest BCUT2D eigenvalue weighted by Crippen LogP contribution is 2.35. The van der Waals surface area contributed by atoms with Crippen molar-refractivity contribution in [3.8, 4) is 28.7 Å². The van der Waals surface area contributed by atoms with Gasteiger partial charge in [0.05, 0.1) is 12.1 Å². The van der Waals surface area contributed by atoms with Crippen LogP contribution >= 0.6 is 15.9 Å². The maximum Gasteiger partial charge on any atom is 0.179 e. The molecule has 0 amide bonds. The van der Waals surface area contributed by atoms with Crippen LogP contribution in [0, 0.1) is 0 Å². The predicted octanol–water partition coefficient (Wildman–Crippen LogP) is 3.69. The molecule has 0 fully saturated rings. The number of nitrogens with zero attached hydrogens (tertiary/aromatic N) is 5. The summed E-state index contributed by atoms with van der Waals surface area (Å²) in [6.07, 6.45) is 2.02. The molecule has 0 N–H and O–H groups in total. The van der Waals surface area contributed by atoms with E-state index >= 15 is 0 Å². The van der Waals surface area contributed by atoms with Gasteiger partial charge in [-0.05, 0) is 32.0 Å². The van der Waals surface area contributed by atoms with E-state index in [1.807, 2.05) is 29.1 Å². The molecule has 3 aromatic rings. The largest absolute Gasteiger partial charge is 0.491 e. The average molecular weight is 418 g/mol. The van der Waals surface area contributed by atoms with Crippen molar-refractivity contribution in [2.75, 3.05) is 13.7 Å². The summed E-state index contributed by atoms with van der Waals surface area (Å²) in [5, 5.41) is 4.56. The van der Waals surface area contributed by atoms with Crippen molar-refractivity contribution in [3.05, 3.63) is 34.7 Å². The standard InChI is InChI=1S/C18H20BrN5O2/c1-11(2)24-18(21-16(22-24)10-25-3)14-9-23-6-7-26-15-5-4-12(19)8-13(15)17(23)20-14/h4-5,8-9,11H,6-7,10H2,1-3H3. The van der Waals surface area contributed by atoms with Crippen molar-refractivity contribution in [1.29, 1.82) is 0 Å². The van der Waals surface area contributed by atoms with Crippen LogP contribution in [-0.4, -0.2) is 38.0 Å². The molecule has 1 aliphatic rings. The highest BCUT2D eigenvalue weighted by molar-refractivity contribution is 9.10. The molecule has 0 radical (unpaired) electrons. The van der Waals surface area contributed by atoms with Gasteiger partial charge in [-0.1, -0.05) is 15.9 Å². The molecule has 8 heteroatoms. The summed E-state index contributed by atoms with van der Waals surface area (Å²) in [4.78, 5) is 9.52. The molecule has 7 nitrogen and oxygen atoms in total. The molecule has 2 aromatic heterocycles. The second-order valence-corrected chi connectivity index (χ2v) is 7.37. The van der Waals surface area contributed by atoms with E-state index in [9.17, 15) is 0 Å². The summed E-state index contributed by atoms with van der Waals surface area (Å²) >= 11 is 3.54. The second-order valence-electron chi connectivity index (χ2n) is 6.46. The van der Waals surface area contributed by atoms with Gasteiger partial charge in [-0.15, -0.1) is 0 Å². The second kappa shape index (κ2) is 6.85. The normalized spacial score (nSPS) is 13.3. The molecule has 0 unspecified atom stereocenters. The third-order valence-electron chi connectivity index (χ3n) is 4.22. The number of hydrogen-bond donors (Lipinski definition) is 0. The van der Waals surface area contributed by atoms with Crippen LogP contribution in [0.1, 0.15) is 25.7 Å². The monoisotopic (exact) mass is 417 g/mol. The number of imidazole rings is 1. The molecule has 0 saturated carbocycles. The SMILES string of the molecule is COCc1nc(-c2cn3c(n2)-c2cc(Br)ccc2OCC3)n(C(C)C)n1. The van der Waals surface area contributed by atoms with Crippen LogP contribution in [-0.2, 0) is 17.9 Å². The Morgan fingerprint density at radius 1 is 1.27 bits per heavy atom. The van der Waals surface area contributed by atoms with E-state index in [1.165, 1.54) is 0 Å². The van der Waals surface area contributed by atoms with E-state index in [1.54, 1.807) is 7.11 Å². The number of rotatable bonds is 4. The van der Waals surface area contributed by atoms with E-state index in [0.29, 0.717) is 19.0 Å². The fraction of sp³-hybridized carbons (Fsp3) is 0.389. The van der Waals surface area contributed by atoms with Crippen LogP contribution in [0.25, 0.3) is 22.9 Å². The zero-order valence-corrected chi connectivity index (χ0v) is 16.5. The molecule has 26 heavy (non-hydrogen) atoms. The summed E-state index contributed by atoms with van der Waals surface area (Å²) < 4.78 is 16.0. The highest BCUT2D eigenvalue weighted by Gasteiger charge is 2.22. The minimum absolute atomic E-state index is 0.175. The average Bonchev–Trinajstić information content (AvgIpc) is 3.17. The minimum Gasteiger partial charge on any atom is -0.491 e. The molecule has 0 atom stereocenters. The molecule has 0 aliphatic carbocycles. The summed E-state index contributed by atoms with van der Waals surface area (Å²) in [5.74, 6) is 3.13. The number of benzene rings is 1. The van der Waals surface area contributed by atoms with Crippen LogP contribution in [0.5, 0.6) is 5.75 Å². The van der Waals surface area contributed by atoms with Crippen LogP contribution < -0.4 is 4.74 Å². The van der Waals surface area contributed by atoms with Crippen molar-refractivity contribution in [2.45, 2.75) is 33.0 Å². The Balaban J connectivity index is 1.84. The molecule has 136 valence electrons. The van der Waals surface area contributed by atoms with E-state index in [0.717, 1.165) is 39.7 Å². The first kappa shape index (κ1) is 17.2. The summed E-state index contributed by atoms with van der Waals surface area (Å²) in [7, 11) is 1.64. The van der Waals surface area contributed by atoms with Gasteiger partial charge in [0, 0.05) is 23.8 Å². The smallest absolute Gasteiger partial charge is 0.179 e. The Labute approximate surface area is 160 Å². The number of aromatic nitrogens is 5. The quantitative estimate of drug-likeness (QED) is 0.647. The van der Waals surface area contributed by atoms with Crippen LogP contribution in [0.2, 0.25) is 0 Å². The van der Waals surface area contributed by atoms with E-state index < -0.39 is 0 Å². The Morgan fingerprint density at radius 3 is 2.88 bits per heavy atom. The molecule has 4 rings (SSSR count). The van der Waals surface area contributed by atoms with Gasteiger partial charge in [0.25, 0.3) is 0 Å². The lowest BCUT2D eigenvalue weighted by Gasteiger charge is -2.08. The molecular weight excluding hydrogens is 398 g/mol. The van der Waals surface area contributed by atoms with Crippen LogP contribution in [0.4, 0.5) is 0 Å². The van der Waals surface area contributed by atoms with Crippen LogP contribution in [0.15, 0.2) is 28.9 Å². The first-order valence-corrected chi connectivity index (χ1v) is 9.30. The third-order valence-corrected chi connectivity index (χ3v) is 4.71. The Bertz CT molecular complexity index is 947. The molecular formula is C18H20BrN5O2. The first-order valence-electron chi connectivity index (χ1n) is 8.51. The lowest BCUT2D eigenvalue weighted by Crippen LogP contribution is -2.06. The fourth-order valence-corrected chi connectivity index (χ4v) is 3.42. The maximum atomic E-state index is 5.86. The molecule has 0 spiro atoms. The van der Waals surface area contributed by atoms with Gasteiger partial charge >= 0.3 is 0 Å². The van der Waals surface area contributed by atoms with Gasteiger partial charge in [-0.3, -0.25) is 0 Å². The van der Waals surface area contributed by atoms with Crippen molar-refractivity contribution in [1.82, 2.24) is 24.3 Å². The molecule has 0 bridgehead atoms. The fourth-order valence-electron chi connectivity index (χ4n) is 3.06. The molecule has 0 saturated heterocycles. The number of ether oxygens (including phenoxy) is 2. The third kappa shape index (κ3) is 3.03. The predicted molar refractivity (Wildman–Crippen MR) is 101 cm³/mol. The van der Waals surface area contributed by atoms with Crippen LogP contribution in [0.3, 0.4) is 0 Å². The Hall–Kier alpha value is -2.19. The number of methoxy groups -OCH3 is 1.